The number of methoxy groups -OCH3 is 1. The Hall–Kier alpha value is -0.600. The molecular formula is C21H32O2. The SMILES string of the molecule is CO[C@@H]1CCC2C3CCC4=C(C)CC=CC4(C)C3C(O)CC21C. The van der Waals surface area contributed by atoms with Gasteiger partial charge in [-0.15, -0.1) is 0 Å². The number of ether oxygens (including phenoxy) is 1. The summed E-state index contributed by atoms with van der Waals surface area (Å²) in [5.41, 5.74) is 3.43. The van der Waals surface area contributed by atoms with Crippen molar-refractivity contribution >= 4 is 0 Å². The highest BCUT2D eigenvalue weighted by Gasteiger charge is 2.61. The molecule has 6 unspecified atom stereocenters. The molecule has 0 aliphatic heterocycles. The first-order valence-corrected chi connectivity index (χ1v) is 9.49. The molecule has 2 nitrogen and oxygen atoms in total. The average molecular weight is 316 g/mol. The van der Waals surface area contributed by atoms with E-state index in [9.17, 15) is 5.11 Å². The molecule has 0 amide bonds. The quantitative estimate of drug-likeness (QED) is 0.722. The minimum Gasteiger partial charge on any atom is -0.393 e. The standard InChI is InChI=1S/C21H32O2/c1-13-6-5-11-20(2)15(13)8-7-14-16-9-10-18(23-4)21(16,3)12-17(22)19(14)20/h5,11,14,16-19,22H,6-10,12H2,1-4H3/t14?,16?,17?,18-,19?,20?,21?/m1/s1. The zero-order valence-corrected chi connectivity index (χ0v) is 15.1. The third kappa shape index (κ3) is 2.00. The minimum atomic E-state index is -0.201. The molecule has 128 valence electrons. The van der Waals surface area contributed by atoms with Gasteiger partial charge in [-0.2, -0.15) is 0 Å². The zero-order valence-electron chi connectivity index (χ0n) is 15.1. The maximum atomic E-state index is 11.2. The lowest BCUT2D eigenvalue weighted by Crippen LogP contribution is -2.56. The Kier molecular flexibility index (Phi) is 3.59. The Morgan fingerprint density at radius 2 is 2.00 bits per heavy atom. The Balaban J connectivity index is 1.75. The van der Waals surface area contributed by atoms with Crippen LogP contribution in [0.1, 0.15) is 59.3 Å². The number of aliphatic hydroxyl groups excluding tert-OH is 1. The third-order valence-electron chi connectivity index (χ3n) is 8.12. The topological polar surface area (TPSA) is 29.5 Å². The lowest BCUT2D eigenvalue weighted by atomic mass is 9.47. The van der Waals surface area contributed by atoms with Gasteiger partial charge < -0.3 is 9.84 Å². The Bertz CT molecular complexity index is 562. The summed E-state index contributed by atoms with van der Waals surface area (Å²) in [6, 6.07) is 0. The molecule has 0 radical (unpaired) electrons. The van der Waals surface area contributed by atoms with Crippen molar-refractivity contribution in [2.75, 3.05) is 7.11 Å². The predicted molar refractivity (Wildman–Crippen MR) is 93.0 cm³/mol. The molecule has 23 heavy (non-hydrogen) atoms. The fraction of sp³-hybridized carbons (Fsp3) is 0.810. The normalized spacial score (nSPS) is 52.1. The van der Waals surface area contributed by atoms with E-state index in [0.29, 0.717) is 17.9 Å². The summed E-state index contributed by atoms with van der Waals surface area (Å²) >= 11 is 0. The van der Waals surface area contributed by atoms with E-state index < -0.39 is 0 Å². The Morgan fingerprint density at radius 1 is 1.22 bits per heavy atom. The Morgan fingerprint density at radius 3 is 2.74 bits per heavy atom. The molecule has 4 rings (SSSR count). The van der Waals surface area contributed by atoms with Gasteiger partial charge in [-0.25, -0.2) is 0 Å². The molecule has 0 spiro atoms. The van der Waals surface area contributed by atoms with Crippen LogP contribution in [0.5, 0.6) is 0 Å². The van der Waals surface area contributed by atoms with E-state index in [1.54, 1.807) is 11.1 Å². The van der Waals surface area contributed by atoms with Crippen LogP contribution in [0.3, 0.4) is 0 Å². The summed E-state index contributed by atoms with van der Waals surface area (Å²) in [4.78, 5) is 0. The third-order valence-corrected chi connectivity index (χ3v) is 8.12. The van der Waals surface area contributed by atoms with Gasteiger partial charge in [-0.1, -0.05) is 37.1 Å². The number of allylic oxidation sites excluding steroid dienone is 4. The molecule has 0 bridgehead atoms. The van der Waals surface area contributed by atoms with Crippen LogP contribution in [0.2, 0.25) is 0 Å². The number of aliphatic hydroxyl groups is 1. The number of hydrogen-bond donors (Lipinski definition) is 1. The number of hydrogen-bond acceptors (Lipinski definition) is 2. The van der Waals surface area contributed by atoms with Crippen molar-refractivity contribution in [3.8, 4) is 0 Å². The summed E-state index contributed by atoms with van der Waals surface area (Å²) in [6.45, 7) is 7.08. The first-order chi connectivity index (χ1) is 10.9. The highest BCUT2D eigenvalue weighted by molar-refractivity contribution is 5.36. The predicted octanol–water partition coefficient (Wildman–Crippen LogP) is 4.49. The van der Waals surface area contributed by atoms with Gasteiger partial charge in [0.15, 0.2) is 0 Å². The second kappa shape index (κ2) is 5.20. The summed E-state index contributed by atoms with van der Waals surface area (Å²) < 4.78 is 5.83. The van der Waals surface area contributed by atoms with Crippen LogP contribution in [0.4, 0.5) is 0 Å². The van der Waals surface area contributed by atoms with Crippen LogP contribution in [-0.4, -0.2) is 24.4 Å². The molecule has 4 aliphatic carbocycles. The van der Waals surface area contributed by atoms with E-state index in [4.69, 9.17) is 4.74 Å². The van der Waals surface area contributed by atoms with Gasteiger partial charge in [-0.05, 0) is 62.7 Å². The van der Waals surface area contributed by atoms with Gasteiger partial charge in [0.05, 0.1) is 12.2 Å². The fourth-order valence-corrected chi connectivity index (χ4v) is 7.21. The van der Waals surface area contributed by atoms with Gasteiger partial charge in [-0.3, -0.25) is 0 Å². The smallest absolute Gasteiger partial charge is 0.0628 e. The van der Waals surface area contributed by atoms with Crippen molar-refractivity contribution in [2.24, 2.45) is 28.6 Å². The van der Waals surface area contributed by atoms with E-state index in [1.807, 2.05) is 7.11 Å². The lowest BCUT2D eigenvalue weighted by molar-refractivity contribution is -0.134. The van der Waals surface area contributed by atoms with E-state index in [-0.39, 0.29) is 16.9 Å². The largest absolute Gasteiger partial charge is 0.393 e. The molecule has 3 fully saturated rings. The molecule has 0 aromatic heterocycles. The van der Waals surface area contributed by atoms with E-state index in [2.05, 4.69) is 32.9 Å². The zero-order chi connectivity index (χ0) is 16.4. The Labute approximate surface area is 141 Å². The summed E-state index contributed by atoms with van der Waals surface area (Å²) in [7, 11) is 1.85. The highest BCUT2D eigenvalue weighted by Crippen LogP contribution is 2.65. The van der Waals surface area contributed by atoms with Crippen molar-refractivity contribution < 1.29 is 9.84 Å². The van der Waals surface area contributed by atoms with Crippen molar-refractivity contribution in [3.63, 3.8) is 0 Å². The van der Waals surface area contributed by atoms with Crippen LogP contribution in [-0.2, 0) is 4.74 Å². The van der Waals surface area contributed by atoms with Crippen LogP contribution in [0, 0.1) is 28.6 Å². The van der Waals surface area contributed by atoms with Crippen molar-refractivity contribution in [3.05, 3.63) is 23.3 Å². The van der Waals surface area contributed by atoms with Crippen molar-refractivity contribution in [1.82, 2.24) is 0 Å². The van der Waals surface area contributed by atoms with Gasteiger partial charge in [0.25, 0.3) is 0 Å². The first kappa shape index (κ1) is 15.9. The fourth-order valence-electron chi connectivity index (χ4n) is 7.21. The second-order valence-corrected chi connectivity index (χ2v) is 9.06. The number of fused-ring (bicyclic) bond motifs is 5. The van der Waals surface area contributed by atoms with Gasteiger partial charge >= 0.3 is 0 Å². The van der Waals surface area contributed by atoms with Crippen LogP contribution in [0.25, 0.3) is 0 Å². The molecule has 0 aromatic rings. The summed E-state index contributed by atoms with van der Waals surface area (Å²) in [6.07, 6.45) is 11.8. The monoisotopic (exact) mass is 316 g/mol. The average Bonchev–Trinajstić information content (AvgIpc) is 2.82. The number of rotatable bonds is 1. The maximum Gasteiger partial charge on any atom is 0.0628 e. The highest BCUT2D eigenvalue weighted by atomic mass is 16.5. The molecular weight excluding hydrogens is 284 g/mol. The van der Waals surface area contributed by atoms with Crippen LogP contribution in [0.15, 0.2) is 23.3 Å². The van der Waals surface area contributed by atoms with Crippen LogP contribution >= 0.6 is 0 Å². The van der Waals surface area contributed by atoms with E-state index >= 15 is 0 Å². The summed E-state index contributed by atoms with van der Waals surface area (Å²) in [5.74, 6) is 1.76. The first-order valence-electron chi connectivity index (χ1n) is 9.49. The van der Waals surface area contributed by atoms with Gasteiger partial charge in [0.1, 0.15) is 0 Å². The van der Waals surface area contributed by atoms with Gasteiger partial charge in [0.2, 0.25) is 0 Å². The van der Waals surface area contributed by atoms with Crippen molar-refractivity contribution in [1.29, 1.82) is 0 Å². The second-order valence-electron chi connectivity index (χ2n) is 9.06. The van der Waals surface area contributed by atoms with Crippen LogP contribution < -0.4 is 0 Å². The molecule has 4 aliphatic rings. The molecule has 0 heterocycles. The van der Waals surface area contributed by atoms with E-state index in [0.717, 1.165) is 18.8 Å². The molecule has 1 N–H and O–H groups in total. The molecule has 0 aromatic carbocycles. The minimum absolute atomic E-state index is 0.0805. The van der Waals surface area contributed by atoms with Crippen molar-refractivity contribution in [2.45, 2.75) is 71.5 Å². The van der Waals surface area contributed by atoms with Gasteiger partial charge in [0, 0.05) is 18.4 Å². The molecule has 2 heteroatoms. The molecule has 3 saturated carbocycles. The molecule has 7 atom stereocenters. The summed E-state index contributed by atoms with van der Waals surface area (Å²) in [5, 5.41) is 11.2. The molecule has 0 saturated heterocycles. The maximum absolute atomic E-state index is 11.2. The van der Waals surface area contributed by atoms with E-state index in [1.165, 1.54) is 25.7 Å². The lowest BCUT2D eigenvalue weighted by Gasteiger charge is -2.59.